The number of hydrogen-bond donors (Lipinski definition) is 3. The molecule has 1 atom stereocenters. The Morgan fingerprint density at radius 3 is 2.45 bits per heavy atom. The number of nitrogens with one attached hydrogen (secondary N) is 2. The first-order valence-corrected chi connectivity index (χ1v) is 12.7. The number of sulfonamides is 1. The predicted molar refractivity (Wildman–Crippen MR) is 114 cm³/mol. The second-order valence-electron chi connectivity index (χ2n) is 9.52. The van der Waals surface area contributed by atoms with E-state index in [1.165, 1.54) is 34.9 Å². The molecular formula is C22H28N4O4S. The van der Waals surface area contributed by atoms with E-state index in [2.05, 4.69) is 21.2 Å². The summed E-state index contributed by atoms with van der Waals surface area (Å²) < 4.78 is 35.9. The number of aryl methyl sites for hydroxylation is 2. The number of aliphatic hydroxyl groups excluding tert-OH is 1. The van der Waals surface area contributed by atoms with E-state index in [0.29, 0.717) is 13.2 Å². The largest absolute Gasteiger partial charge is 0.476 e. The topological polar surface area (TPSA) is 105 Å². The average Bonchev–Trinajstić information content (AvgIpc) is 3.44. The lowest BCUT2D eigenvalue weighted by Gasteiger charge is -2.44. The lowest BCUT2D eigenvalue weighted by molar-refractivity contribution is 0.0000638. The van der Waals surface area contributed by atoms with Gasteiger partial charge in [0.15, 0.2) is 11.2 Å². The van der Waals surface area contributed by atoms with Crippen molar-refractivity contribution in [1.82, 2.24) is 14.5 Å². The van der Waals surface area contributed by atoms with E-state index in [1.807, 2.05) is 0 Å². The van der Waals surface area contributed by atoms with Gasteiger partial charge in [-0.1, -0.05) is 12.5 Å². The van der Waals surface area contributed by atoms with Crippen molar-refractivity contribution < 1.29 is 18.3 Å². The average molecular weight is 445 g/mol. The van der Waals surface area contributed by atoms with Gasteiger partial charge in [0, 0.05) is 11.1 Å². The number of aromatic nitrogens is 2. The Kier molecular flexibility index (Phi) is 4.39. The molecule has 1 aliphatic heterocycles. The summed E-state index contributed by atoms with van der Waals surface area (Å²) in [6.45, 7) is 1.20. The van der Waals surface area contributed by atoms with E-state index >= 15 is 0 Å². The molecule has 2 aromatic rings. The van der Waals surface area contributed by atoms with Gasteiger partial charge in [-0.3, -0.25) is 0 Å². The van der Waals surface area contributed by atoms with Gasteiger partial charge in [-0.05, 0) is 73.6 Å². The monoisotopic (exact) mass is 444 g/mol. The maximum Gasteiger partial charge on any atom is 0.251 e. The van der Waals surface area contributed by atoms with Gasteiger partial charge in [0.05, 0.1) is 19.3 Å². The van der Waals surface area contributed by atoms with Gasteiger partial charge in [0.2, 0.25) is 5.88 Å². The van der Waals surface area contributed by atoms with Crippen LogP contribution < -0.4 is 14.8 Å². The van der Waals surface area contributed by atoms with Crippen LogP contribution in [0.2, 0.25) is 0 Å². The smallest absolute Gasteiger partial charge is 0.251 e. The number of benzene rings is 1. The molecule has 0 amide bonds. The van der Waals surface area contributed by atoms with E-state index in [0.717, 1.165) is 57.1 Å². The molecule has 166 valence electrons. The molecule has 2 heterocycles. The lowest BCUT2D eigenvalue weighted by atomic mass is 9.69. The number of ether oxygens (including phenoxy) is 1. The van der Waals surface area contributed by atoms with Crippen LogP contribution in [0.25, 0.3) is 0 Å². The van der Waals surface area contributed by atoms with Gasteiger partial charge in [0.1, 0.15) is 0 Å². The summed E-state index contributed by atoms with van der Waals surface area (Å²) in [7, 11) is -4.00. The van der Waals surface area contributed by atoms with Crippen molar-refractivity contribution >= 4 is 15.7 Å². The molecule has 0 bridgehead atoms. The molecule has 1 aromatic heterocycles. The van der Waals surface area contributed by atoms with Crippen LogP contribution in [0.4, 0.5) is 5.69 Å². The number of aliphatic hydroxyl groups is 1. The third-order valence-corrected chi connectivity index (χ3v) is 8.88. The second kappa shape index (κ2) is 6.95. The molecule has 1 aromatic carbocycles. The van der Waals surface area contributed by atoms with Crippen molar-refractivity contribution in [2.75, 3.05) is 11.9 Å². The van der Waals surface area contributed by atoms with Crippen LogP contribution in [0, 0.1) is 5.41 Å². The zero-order valence-electron chi connectivity index (χ0n) is 17.5. The van der Waals surface area contributed by atoms with Crippen LogP contribution in [-0.4, -0.2) is 36.3 Å². The summed E-state index contributed by atoms with van der Waals surface area (Å²) >= 11 is 0. The Hall–Kier alpha value is -2.10. The van der Waals surface area contributed by atoms with Crippen LogP contribution >= 0.6 is 0 Å². The summed E-state index contributed by atoms with van der Waals surface area (Å²) in [5, 5.41) is 18.0. The summed E-state index contributed by atoms with van der Waals surface area (Å²) in [6, 6.07) is 2.30. The summed E-state index contributed by atoms with van der Waals surface area (Å²) in [5.41, 5.74) is 6.09. The van der Waals surface area contributed by atoms with Crippen molar-refractivity contribution in [3.63, 3.8) is 0 Å². The maximum absolute atomic E-state index is 13.0. The number of fused-ring (bicyclic) bond motifs is 3. The normalized spacial score (nSPS) is 21.7. The quantitative estimate of drug-likeness (QED) is 0.610. The second-order valence-corrected chi connectivity index (χ2v) is 11.2. The van der Waals surface area contributed by atoms with E-state index in [9.17, 15) is 13.5 Å². The highest BCUT2D eigenvalue weighted by Gasteiger charge is 2.43. The van der Waals surface area contributed by atoms with E-state index < -0.39 is 16.4 Å². The molecule has 3 aliphatic carbocycles. The molecule has 1 fully saturated rings. The summed E-state index contributed by atoms with van der Waals surface area (Å²) in [4.78, 5) is -0.0222. The minimum Gasteiger partial charge on any atom is -0.476 e. The van der Waals surface area contributed by atoms with E-state index in [-0.39, 0.29) is 16.2 Å². The van der Waals surface area contributed by atoms with Crippen LogP contribution in [-0.2, 0) is 42.3 Å². The first kappa shape index (κ1) is 19.6. The van der Waals surface area contributed by atoms with E-state index in [4.69, 9.17) is 4.74 Å². The first-order chi connectivity index (χ1) is 14.9. The van der Waals surface area contributed by atoms with Crippen molar-refractivity contribution in [2.24, 2.45) is 5.41 Å². The molecule has 8 nitrogen and oxygen atoms in total. The highest BCUT2D eigenvalue weighted by atomic mass is 32.2. The Bertz CT molecular complexity index is 1120. The predicted octanol–water partition coefficient (Wildman–Crippen LogP) is 2.09. The molecule has 3 N–H and O–H groups in total. The zero-order valence-corrected chi connectivity index (χ0v) is 18.3. The Labute approximate surface area is 182 Å². The van der Waals surface area contributed by atoms with Gasteiger partial charge in [-0.25, -0.2) is 13.1 Å². The third kappa shape index (κ3) is 3.16. The minimum absolute atomic E-state index is 0.0222. The molecule has 6 rings (SSSR count). The van der Waals surface area contributed by atoms with Crippen LogP contribution in [0.1, 0.15) is 54.4 Å². The van der Waals surface area contributed by atoms with Crippen molar-refractivity contribution in [3.8, 4) is 5.88 Å². The zero-order chi connectivity index (χ0) is 21.2. The summed E-state index contributed by atoms with van der Waals surface area (Å²) in [6.07, 6.45) is 9.42. The van der Waals surface area contributed by atoms with Gasteiger partial charge < -0.3 is 15.2 Å². The van der Waals surface area contributed by atoms with Crippen LogP contribution in [0.3, 0.4) is 0 Å². The molecular weight excluding hydrogens is 416 g/mol. The molecule has 31 heavy (non-hydrogen) atoms. The number of hydrogen-bond acceptors (Lipinski definition) is 6. The summed E-state index contributed by atoms with van der Waals surface area (Å²) in [5.74, 6) is 0.263. The highest BCUT2D eigenvalue weighted by molar-refractivity contribution is 7.89. The fraction of sp³-hybridized carbons (Fsp3) is 0.591. The van der Waals surface area contributed by atoms with Gasteiger partial charge >= 0.3 is 0 Å². The Balaban J connectivity index is 1.23. The van der Waals surface area contributed by atoms with Crippen molar-refractivity contribution in [1.29, 1.82) is 0 Å². The van der Waals surface area contributed by atoms with Crippen molar-refractivity contribution in [2.45, 2.75) is 75.6 Å². The molecule has 1 spiro atoms. The SMILES string of the molecule is O=S(=O)(NC(O)Nc1c2c(cc3c1CCC3)CCC2)c1cnn2c1OCC1(CCC1)C2. The van der Waals surface area contributed by atoms with Crippen LogP contribution in [0.15, 0.2) is 17.2 Å². The molecule has 1 unspecified atom stereocenters. The standard InChI is InChI=1S/C22H28N4O4S/c27-21(24-19-16-6-1-4-14(16)10-15-5-2-7-17(15)19)25-31(28,29)18-11-23-26-12-22(8-3-9-22)13-30-20(18)26/h10-11,21,24-25,27H,1-9,12-13H2. The van der Waals surface area contributed by atoms with Crippen LogP contribution in [0.5, 0.6) is 5.88 Å². The third-order valence-electron chi connectivity index (χ3n) is 7.48. The molecule has 9 heteroatoms. The highest BCUT2D eigenvalue weighted by Crippen LogP contribution is 2.46. The molecule has 0 saturated heterocycles. The number of nitrogens with zero attached hydrogens (tertiary/aromatic N) is 2. The fourth-order valence-electron chi connectivity index (χ4n) is 5.73. The van der Waals surface area contributed by atoms with Gasteiger partial charge in [-0.2, -0.15) is 9.82 Å². The minimum atomic E-state index is -4.00. The van der Waals surface area contributed by atoms with Gasteiger partial charge in [0.25, 0.3) is 10.0 Å². The van der Waals surface area contributed by atoms with Gasteiger partial charge in [-0.15, -0.1) is 0 Å². The molecule has 0 radical (unpaired) electrons. The fourth-order valence-corrected chi connectivity index (χ4v) is 6.79. The van der Waals surface area contributed by atoms with Crippen molar-refractivity contribution in [3.05, 3.63) is 34.5 Å². The molecule has 4 aliphatic rings. The molecule has 1 saturated carbocycles. The lowest BCUT2D eigenvalue weighted by Crippen LogP contribution is -2.44. The maximum atomic E-state index is 13.0. The Morgan fingerprint density at radius 2 is 1.81 bits per heavy atom. The Morgan fingerprint density at radius 1 is 1.10 bits per heavy atom. The number of anilines is 1. The number of rotatable bonds is 5. The van der Waals surface area contributed by atoms with E-state index in [1.54, 1.807) is 4.68 Å². The first-order valence-electron chi connectivity index (χ1n) is 11.3.